The summed E-state index contributed by atoms with van der Waals surface area (Å²) in [4.78, 5) is 13.6. The Morgan fingerprint density at radius 2 is 2.56 bits per heavy atom. The highest BCUT2D eigenvalue weighted by atomic mass is 16.4. The largest absolute Gasteiger partial charge is 0.476 e. The van der Waals surface area contributed by atoms with E-state index in [1.54, 1.807) is 0 Å². The lowest BCUT2D eigenvalue weighted by molar-refractivity contribution is 0.0690. The minimum absolute atomic E-state index is 0.0995. The van der Waals surface area contributed by atoms with Gasteiger partial charge in [0.05, 0.1) is 0 Å². The van der Waals surface area contributed by atoms with Crippen LogP contribution in [0.15, 0.2) is 12.3 Å². The summed E-state index contributed by atoms with van der Waals surface area (Å²) in [6, 6.07) is 6.30. The fourth-order valence-electron chi connectivity index (χ4n) is 0.400. The van der Waals surface area contributed by atoms with Gasteiger partial charge in [-0.25, -0.2) is 9.78 Å². The standard InChI is InChI=1S/C6H3NO2/c8-6(9)5-3-1-2-4-7-5/h2,4H,(H,8,9). The van der Waals surface area contributed by atoms with E-state index >= 15 is 0 Å². The monoisotopic (exact) mass is 121 g/mol. The van der Waals surface area contributed by atoms with Crippen LogP contribution in [0.5, 0.6) is 0 Å². The zero-order valence-corrected chi connectivity index (χ0v) is 4.46. The van der Waals surface area contributed by atoms with Crippen LogP contribution in [0.2, 0.25) is 0 Å². The summed E-state index contributed by atoms with van der Waals surface area (Å²) in [6.07, 6.45) is 1.36. The van der Waals surface area contributed by atoms with Crippen molar-refractivity contribution < 1.29 is 9.90 Å². The fourth-order valence-corrected chi connectivity index (χ4v) is 0.400. The van der Waals surface area contributed by atoms with Crippen molar-refractivity contribution >= 4 is 5.97 Å². The van der Waals surface area contributed by atoms with Crippen LogP contribution < -0.4 is 0 Å². The summed E-state index contributed by atoms with van der Waals surface area (Å²) in [5.41, 5.74) is -0.0995. The summed E-state index contributed by atoms with van der Waals surface area (Å²) in [5, 5.41) is 8.27. The number of carbonyl (C=O) groups is 1. The molecule has 0 fully saturated rings. The third-order valence-corrected chi connectivity index (χ3v) is 0.755. The minimum Gasteiger partial charge on any atom is -0.476 e. The van der Waals surface area contributed by atoms with E-state index in [1.165, 1.54) is 12.3 Å². The Kier molecular flexibility index (Phi) is 1.32. The van der Waals surface area contributed by atoms with Gasteiger partial charge in [0, 0.05) is 12.3 Å². The van der Waals surface area contributed by atoms with Crippen LogP contribution in [0.1, 0.15) is 10.5 Å². The van der Waals surface area contributed by atoms with E-state index in [1.807, 2.05) is 0 Å². The van der Waals surface area contributed by atoms with Crippen molar-refractivity contribution in [1.29, 1.82) is 0 Å². The average Bonchev–Trinajstić information content (AvgIpc) is 1.90. The lowest BCUT2D eigenvalue weighted by Crippen LogP contribution is -1.96. The first-order valence-electron chi connectivity index (χ1n) is 2.28. The maximum Gasteiger partial charge on any atom is 0.363 e. The highest BCUT2D eigenvalue weighted by Gasteiger charge is 1.98. The van der Waals surface area contributed by atoms with E-state index in [0.29, 0.717) is 0 Å². The average molecular weight is 121 g/mol. The zero-order chi connectivity index (χ0) is 6.69. The number of aromatic nitrogens is 1. The second-order valence-electron chi connectivity index (χ2n) is 1.37. The molecule has 0 aliphatic carbocycles. The Hall–Kier alpha value is -1.56. The van der Waals surface area contributed by atoms with Gasteiger partial charge in [0.2, 0.25) is 0 Å². The molecule has 3 heteroatoms. The lowest BCUT2D eigenvalue weighted by Gasteiger charge is -1.82. The number of hydrogen-bond acceptors (Lipinski definition) is 2. The summed E-state index contributed by atoms with van der Waals surface area (Å²) in [7, 11) is 0. The molecule has 0 atom stereocenters. The van der Waals surface area contributed by atoms with E-state index in [-0.39, 0.29) is 5.69 Å². The first-order chi connectivity index (χ1) is 4.30. The van der Waals surface area contributed by atoms with E-state index in [4.69, 9.17) is 5.11 Å². The second kappa shape index (κ2) is 2.14. The van der Waals surface area contributed by atoms with Gasteiger partial charge in [-0.2, -0.15) is 0 Å². The van der Waals surface area contributed by atoms with Crippen molar-refractivity contribution in [2.45, 2.75) is 0 Å². The van der Waals surface area contributed by atoms with E-state index < -0.39 is 5.97 Å². The first kappa shape index (κ1) is 5.57. The molecule has 0 unspecified atom stereocenters. The molecular weight excluding hydrogens is 118 g/mol. The van der Waals surface area contributed by atoms with Gasteiger partial charge < -0.3 is 5.11 Å². The molecular formula is C6H3NO2. The maximum atomic E-state index is 10.1. The van der Waals surface area contributed by atoms with Crippen molar-refractivity contribution in [2.24, 2.45) is 0 Å². The fraction of sp³-hybridized carbons (Fsp3) is 0. The zero-order valence-electron chi connectivity index (χ0n) is 4.46. The van der Waals surface area contributed by atoms with Gasteiger partial charge >= 0.3 is 5.97 Å². The van der Waals surface area contributed by atoms with Crippen molar-refractivity contribution in [3.05, 3.63) is 30.1 Å². The molecule has 1 heterocycles. The Labute approximate surface area is 52.0 Å². The number of carboxylic acid groups (broad SMARTS) is 1. The predicted molar refractivity (Wildman–Crippen MR) is 28.9 cm³/mol. The van der Waals surface area contributed by atoms with E-state index in [2.05, 4.69) is 17.1 Å². The topological polar surface area (TPSA) is 50.2 Å². The number of nitrogens with zero attached hydrogens (tertiary/aromatic N) is 1. The highest BCUT2D eigenvalue weighted by molar-refractivity contribution is 5.84. The molecule has 1 rings (SSSR count). The number of aromatic carboxylic acids is 1. The maximum absolute atomic E-state index is 10.1. The van der Waals surface area contributed by atoms with Crippen molar-refractivity contribution in [1.82, 2.24) is 4.98 Å². The molecule has 0 saturated carbocycles. The van der Waals surface area contributed by atoms with Crippen LogP contribution >= 0.6 is 0 Å². The van der Waals surface area contributed by atoms with Gasteiger partial charge in [0.1, 0.15) is 0 Å². The third-order valence-electron chi connectivity index (χ3n) is 0.755. The minimum atomic E-state index is -1.08. The van der Waals surface area contributed by atoms with Gasteiger partial charge in [-0.1, -0.05) is 6.07 Å². The molecule has 3 nitrogen and oxygen atoms in total. The molecule has 0 aromatic carbocycles. The normalized spacial score (nSPS) is 8.00. The van der Waals surface area contributed by atoms with Gasteiger partial charge in [-0.3, -0.25) is 0 Å². The summed E-state index contributed by atoms with van der Waals surface area (Å²) < 4.78 is 0. The second-order valence-corrected chi connectivity index (χ2v) is 1.37. The molecule has 0 aliphatic heterocycles. The Morgan fingerprint density at radius 1 is 1.78 bits per heavy atom. The Bertz CT molecular complexity index is 208. The third kappa shape index (κ3) is 1.16. The van der Waals surface area contributed by atoms with Crippen molar-refractivity contribution in [3.8, 4) is 0 Å². The van der Waals surface area contributed by atoms with Gasteiger partial charge in [0.25, 0.3) is 0 Å². The molecule has 0 bridgehead atoms. The molecule has 0 spiro atoms. The molecule has 0 radical (unpaired) electrons. The van der Waals surface area contributed by atoms with Crippen molar-refractivity contribution in [3.63, 3.8) is 0 Å². The van der Waals surface area contributed by atoms with E-state index in [0.717, 1.165) is 0 Å². The Balaban J connectivity index is 2.98. The molecule has 0 aliphatic rings. The predicted octanol–water partition coefficient (Wildman–Crippen LogP) is 0.380. The molecule has 1 aromatic rings. The van der Waals surface area contributed by atoms with Crippen LogP contribution in [0.25, 0.3) is 0 Å². The van der Waals surface area contributed by atoms with Crippen molar-refractivity contribution in [2.75, 3.05) is 0 Å². The molecule has 1 aromatic heterocycles. The lowest BCUT2D eigenvalue weighted by atomic mass is 10.4. The smallest absolute Gasteiger partial charge is 0.363 e. The van der Waals surface area contributed by atoms with Crippen LogP contribution in [0.4, 0.5) is 0 Å². The van der Waals surface area contributed by atoms with Gasteiger partial charge in [0.15, 0.2) is 5.69 Å². The van der Waals surface area contributed by atoms with Crippen LogP contribution in [0.3, 0.4) is 0 Å². The molecule has 44 valence electrons. The van der Waals surface area contributed by atoms with Crippen LogP contribution in [-0.2, 0) is 0 Å². The SMILES string of the molecule is O=C(O)c1c#cccn1. The highest BCUT2D eigenvalue weighted by Crippen LogP contribution is 1.83. The number of carboxylic acids is 1. The summed E-state index contributed by atoms with van der Waals surface area (Å²) >= 11 is 0. The summed E-state index contributed by atoms with van der Waals surface area (Å²) in [5.74, 6) is -1.08. The van der Waals surface area contributed by atoms with Crippen LogP contribution in [-0.4, -0.2) is 16.1 Å². The number of hydrogen-bond donors (Lipinski definition) is 1. The quantitative estimate of drug-likeness (QED) is 0.584. The number of rotatable bonds is 1. The molecule has 9 heavy (non-hydrogen) atoms. The van der Waals surface area contributed by atoms with Gasteiger partial charge in [-0.05, 0) is 6.07 Å². The van der Waals surface area contributed by atoms with E-state index in [9.17, 15) is 4.79 Å². The Morgan fingerprint density at radius 3 is 2.89 bits per heavy atom. The molecule has 0 saturated heterocycles. The first-order valence-corrected chi connectivity index (χ1v) is 2.28. The van der Waals surface area contributed by atoms with Gasteiger partial charge in [-0.15, -0.1) is 0 Å². The van der Waals surface area contributed by atoms with Crippen LogP contribution in [0, 0.1) is 12.1 Å². The molecule has 0 amide bonds. The summed E-state index contributed by atoms with van der Waals surface area (Å²) in [6.45, 7) is 0. The molecule has 1 N–H and O–H groups in total.